The highest BCUT2D eigenvalue weighted by atomic mass is 35.5. The third-order valence-corrected chi connectivity index (χ3v) is 3.57. The molecule has 0 saturated heterocycles. The van der Waals surface area contributed by atoms with Crippen LogP contribution in [0.2, 0.25) is 5.02 Å². The lowest BCUT2D eigenvalue weighted by Gasteiger charge is -2.04. The van der Waals surface area contributed by atoms with Crippen LogP contribution in [0.1, 0.15) is 11.5 Å². The third kappa shape index (κ3) is 4.09. The predicted molar refractivity (Wildman–Crippen MR) is 88.3 cm³/mol. The number of aromatic nitrogens is 2. The number of ether oxygens (including phenoxy) is 1. The molecule has 0 radical (unpaired) electrons. The maximum Gasteiger partial charge on any atom is 0.247 e. The molecule has 0 saturated carbocycles. The van der Waals surface area contributed by atoms with Crippen LogP contribution in [-0.4, -0.2) is 17.3 Å². The van der Waals surface area contributed by atoms with Gasteiger partial charge in [0.15, 0.2) is 0 Å². The van der Waals surface area contributed by atoms with Crippen molar-refractivity contribution in [2.24, 2.45) is 0 Å². The molecule has 5 nitrogen and oxygen atoms in total. The van der Waals surface area contributed by atoms with E-state index in [-0.39, 0.29) is 0 Å². The van der Waals surface area contributed by atoms with Gasteiger partial charge in [0.25, 0.3) is 0 Å². The maximum absolute atomic E-state index is 5.87. The molecule has 6 heteroatoms. The van der Waals surface area contributed by atoms with E-state index in [1.54, 1.807) is 19.2 Å². The summed E-state index contributed by atoms with van der Waals surface area (Å²) >= 11 is 5.87. The SMILES string of the molecule is COc1ccc(CNCc2nnc(-c3ccc(Cl)cc3)o2)cc1. The summed E-state index contributed by atoms with van der Waals surface area (Å²) in [7, 11) is 1.65. The number of nitrogens with zero attached hydrogens (tertiary/aromatic N) is 2. The molecule has 23 heavy (non-hydrogen) atoms. The van der Waals surface area contributed by atoms with Crippen LogP contribution < -0.4 is 10.1 Å². The Morgan fingerprint density at radius 3 is 2.43 bits per heavy atom. The van der Waals surface area contributed by atoms with Crippen molar-refractivity contribution in [1.29, 1.82) is 0 Å². The summed E-state index contributed by atoms with van der Waals surface area (Å²) in [6, 6.07) is 15.2. The standard InChI is InChI=1S/C17H16ClN3O2/c1-22-15-8-2-12(3-9-15)10-19-11-16-20-21-17(23-16)13-4-6-14(18)7-5-13/h2-9,19H,10-11H2,1H3. The van der Waals surface area contributed by atoms with Gasteiger partial charge in [0.2, 0.25) is 11.8 Å². The summed E-state index contributed by atoms with van der Waals surface area (Å²) in [5.74, 6) is 1.88. The number of hydrogen-bond acceptors (Lipinski definition) is 5. The zero-order valence-corrected chi connectivity index (χ0v) is 13.4. The Kier molecular flexibility index (Phi) is 4.90. The van der Waals surface area contributed by atoms with Crippen LogP contribution in [0.25, 0.3) is 11.5 Å². The van der Waals surface area contributed by atoms with Crippen molar-refractivity contribution in [2.45, 2.75) is 13.1 Å². The second-order valence-corrected chi connectivity index (χ2v) is 5.40. The Morgan fingerprint density at radius 1 is 1.00 bits per heavy atom. The van der Waals surface area contributed by atoms with Crippen molar-refractivity contribution < 1.29 is 9.15 Å². The summed E-state index contributed by atoms with van der Waals surface area (Å²) in [4.78, 5) is 0. The number of hydrogen-bond donors (Lipinski definition) is 1. The monoisotopic (exact) mass is 329 g/mol. The molecule has 0 bridgehead atoms. The molecule has 0 fully saturated rings. The van der Waals surface area contributed by atoms with Gasteiger partial charge in [-0.2, -0.15) is 0 Å². The van der Waals surface area contributed by atoms with Gasteiger partial charge in [0.1, 0.15) is 5.75 Å². The number of benzene rings is 2. The molecule has 118 valence electrons. The first-order chi connectivity index (χ1) is 11.2. The van der Waals surface area contributed by atoms with Crippen LogP contribution in [0.3, 0.4) is 0 Å². The number of rotatable bonds is 6. The molecule has 0 atom stereocenters. The molecule has 0 aliphatic carbocycles. The van der Waals surface area contributed by atoms with Crippen molar-refractivity contribution in [1.82, 2.24) is 15.5 Å². The molecule has 3 aromatic rings. The molecule has 0 amide bonds. The van der Waals surface area contributed by atoms with Crippen molar-refractivity contribution >= 4 is 11.6 Å². The van der Waals surface area contributed by atoms with Crippen LogP contribution in [0.4, 0.5) is 0 Å². The predicted octanol–water partition coefficient (Wildman–Crippen LogP) is 3.69. The van der Waals surface area contributed by atoms with Gasteiger partial charge in [0, 0.05) is 17.1 Å². The molecule has 1 aromatic heterocycles. The number of methoxy groups -OCH3 is 1. The highest BCUT2D eigenvalue weighted by Crippen LogP contribution is 2.20. The lowest BCUT2D eigenvalue weighted by Crippen LogP contribution is -2.12. The van der Waals surface area contributed by atoms with Gasteiger partial charge in [-0.25, -0.2) is 0 Å². The second kappa shape index (κ2) is 7.26. The quantitative estimate of drug-likeness (QED) is 0.747. The summed E-state index contributed by atoms with van der Waals surface area (Å²) < 4.78 is 10.8. The fourth-order valence-electron chi connectivity index (χ4n) is 2.09. The van der Waals surface area contributed by atoms with Gasteiger partial charge in [-0.3, -0.25) is 0 Å². The molecular formula is C17H16ClN3O2. The highest BCUT2D eigenvalue weighted by molar-refractivity contribution is 6.30. The number of halogens is 1. The molecule has 0 aliphatic rings. The third-order valence-electron chi connectivity index (χ3n) is 3.32. The van der Waals surface area contributed by atoms with Crippen LogP contribution in [-0.2, 0) is 13.1 Å². The van der Waals surface area contributed by atoms with Gasteiger partial charge < -0.3 is 14.5 Å². The first kappa shape index (κ1) is 15.5. The first-order valence-electron chi connectivity index (χ1n) is 7.16. The summed E-state index contributed by atoms with van der Waals surface area (Å²) in [5, 5.41) is 12.0. The van der Waals surface area contributed by atoms with Gasteiger partial charge in [-0.15, -0.1) is 10.2 Å². The molecule has 1 N–H and O–H groups in total. The summed E-state index contributed by atoms with van der Waals surface area (Å²) in [5.41, 5.74) is 2.01. The van der Waals surface area contributed by atoms with Crippen LogP contribution in [0, 0.1) is 0 Å². The second-order valence-electron chi connectivity index (χ2n) is 4.96. The summed E-state index contributed by atoms with van der Waals surface area (Å²) in [6.07, 6.45) is 0. The first-order valence-corrected chi connectivity index (χ1v) is 7.54. The molecular weight excluding hydrogens is 314 g/mol. The average molecular weight is 330 g/mol. The minimum absolute atomic E-state index is 0.489. The Bertz CT molecular complexity index is 754. The van der Waals surface area contributed by atoms with Crippen molar-refractivity contribution in [2.75, 3.05) is 7.11 Å². The van der Waals surface area contributed by atoms with Gasteiger partial charge in [-0.1, -0.05) is 23.7 Å². The van der Waals surface area contributed by atoms with E-state index in [1.165, 1.54) is 0 Å². The Labute approximate surface area is 139 Å². The van der Waals surface area contributed by atoms with E-state index in [4.69, 9.17) is 20.8 Å². The van der Waals surface area contributed by atoms with Crippen molar-refractivity contribution in [3.63, 3.8) is 0 Å². The molecule has 1 heterocycles. The zero-order chi connectivity index (χ0) is 16.1. The largest absolute Gasteiger partial charge is 0.497 e. The topological polar surface area (TPSA) is 60.2 Å². The maximum atomic E-state index is 5.87. The van der Waals surface area contributed by atoms with E-state index >= 15 is 0 Å². The van der Waals surface area contributed by atoms with E-state index in [0.29, 0.717) is 29.9 Å². The van der Waals surface area contributed by atoms with Crippen molar-refractivity contribution in [3.05, 3.63) is 65.0 Å². The van der Waals surface area contributed by atoms with Crippen LogP contribution >= 0.6 is 11.6 Å². The van der Waals surface area contributed by atoms with Crippen molar-refractivity contribution in [3.8, 4) is 17.2 Å². The van der Waals surface area contributed by atoms with E-state index < -0.39 is 0 Å². The molecule has 3 rings (SSSR count). The number of nitrogens with one attached hydrogen (secondary N) is 1. The minimum Gasteiger partial charge on any atom is -0.497 e. The molecule has 0 unspecified atom stereocenters. The highest BCUT2D eigenvalue weighted by Gasteiger charge is 2.08. The molecule has 0 spiro atoms. The minimum atomic E-state index is 0.489. The van der Waals surface area contributed by atoms with Crippen LogP contribution in [0.5, 0.6) is 5.75 Å². The molecule has 2 aromatic carbocycles. The van der Waals surface area contributed by atoms with E-state index in [1.807, 2.05) is 36.4 Å². The fourth-order valence-corrected chi connectivity index (χ4v) is 2.22. The average Bonchev–Trinajstić information content (AvgIpc) is 3.05. The van der Waals surface area contributed by atoms with Gasteiger partial charge in [-0.05, 0) is 42.0 Å². The Balaban J connectivity index is 1.55. The lowest BCUT2D eigenvalue weighted by atomic mass is 10.2. The smallest absolute Gasteiger partial charge is 0.247 e. The van der Waals surface area contributed by atoms with E-state index in [9.17, 15) is 0 Å². The van der Waals surface area contributed by atoms with Gasteiger partial charge in [0.05, 0.1) is 13.7 Å². The van der Waals surface area contributed by atoms with E-state index in [2.05, 4.69) is 15.5 Å². The zero-order valence-electron chi connectivity index (χ0n) is 12.6. The summed E-state index contributed by atoms with van der Waals surface area (Å²) in [6.45, 7) is 1.22. The Hall–Kier alpha value is -2.37. The normalized spacial score (nSPS) is 10.7. The van der Waals surface area contributed by atoms with Gasteiger partial charge >= 0.3 is 0 Å². The fraction of sp³-hybridized carbons (Fsp3) is 0.176. The van der Waals surface area contributed by atoms with E-state index in [0.717, 1.165) is 16.9 Å². The Morgan fingerprint density at radius 2 is 1.74 bits per heavy atom. The lowest BCUT2D eigenvalue weighted by molar-refractivity contribution is 0.414. The molecule has 0 aliphatic heterocycles. The van der Waals surface area contributed by atoms with Crippen LogP contribution in [0.15, 0.2) is 52.9 Å².